The number of nitrogens with zero attached hydrogens (tertiary/aromatic N) is 2. The first-order chi connectivity index (χ1) is 15.5. The normalized spacial score (nSPS) is 13.8. The highest BCUT2D eigenvalue weighted by Crippen LogP contribution is 2.28. The zero-order valence-electron chi connectivity index (χ0n) is 17.6. The van der Waals surface area contributed by atoms with Crippen LogP contribution in [-0.2, 0) is 39.9 Å². The molecule has 1 aliphatic rings. The van der Waals surface area contributed by atoms with E-state index in [0.717, 1.165) is 17.5 Å². The fourth-order valence-electron chi connectivity index (χ4n) is 4.42. The van der Waals surface area contributed by atoms with Crippen molar-refractivity contribution in [2.75, 3.05) is 6.54 Å². The highest BCUT2D eigenvalue weighted by Gasteiger charge is 2.25. The summed E-state index contributed by atoms with van der Waals surface area (Å²) in [7, 11) is -3.57. The molecule has 3 aromatic carbocycles. The fraction of sp³-hybridized carbons (Fsp3) is 0.192. The van der Waals surface area contributed by atoms with Crippen molar-refractivity contribution in [2.45, 2.75) is 30.2 Å². The molecule has 5 nitrogen and oxygen atoms in total. The van der Waals surface area contributed by atoms with Crippen LogP contribution in [0.4, 0.5) is 0 Å². The Kier molecular flexibility index (Phi) is 5.31. The van der Waals surface area contributed by atoms with Gasteiger partial charge in [-0.1, -0.05) is 72.8 Å². The largest absolute Gasteiger partial charge is 0.337 e. The number of carbonyl (C=O) groups is 1. The van der Waals surface area contributed by atoms with Crippen molar-refractivity contribution in [2.24, 2.45) is 0 Å². The molecule has 32 heavy (non-hydrogen) atoms. The molecule has 0 fully saturated rings. The van der Waals surface area contributed by atoms with E-state index in [1.54, 1.807) is 10.8 Å². The number of fused-ring (bicyclic) bond motifs is 2. The van der Waals surface area contributed by atoms with Crippen LogP contribution in [0.25, 0.3) is 10.9 Å². The predicted molar refractivity (Wildman–Crippen MR) is 125 cm³/mol. The molecule has 0 saturated carbocycles. The van der Waals surface area contributed by atoms with E-state index in [0.29, 0.717) is 18.5 Å². The molecule has 0 aliphatic carbocycles. The molecular weight excluding hydrogens is 420 g/mol. The first-order valence-corrected chi connectivity index (χ1v) is 12.4. The van der Waals surface area contributed by atoms with Gasteiger partial charge in [0.15, 0.2) is 9.84 Å². The quantitative estimate of drug-likeness (QED) is 0.464. The Bertz CT molecular complexity index is 1390. The molecule has 0 unspecified atom stereocenters. The minimum atomic E-state index is -3.57. The lowest BCUT2D eigenvalue weighted by Gasteiger charge is -2.29. The van der Waals surface area contributed by atoms with Gasteiger partial charge in [-0.05, 0) is 29.2 Å². The van der Waals surface area contributed by atoms with E-state index >= 15 is 0 Å². The Morgan fingerprint density at radius 1 is 0.844 bits per heavy atom. The van der Waals surface area contributed by atoms with Gasteiger partial charge in [0.05, 0.1) is 10.6 Å². The van der Waals surface area contributed by atoms with Crippen molar-refractivity contribution in [3.8, 4) is 0 Å². The number of rotatable bonds is 5. The molecule has 0 spiro atoms. The van der Waals surface area contributed by atoms with Gasteiger partial charge in [-0.15, -0.1) is 0 Å². The van der Waals surface area contributed by atoms with E-state index in [1.807, 2.05) is 71.6 Å². The number of sulfone groups is 1. The molecule has 4 aromatic rings. The monoisotopic (exact) mass is 444 g/mol. The molecule has 162 valence electrons. The number of para-hydroxylation sites is 1. The lowest BCUT2D eigenvalue weighted by molar-refractivity contribution is -0.132. The van der Waals surface area contributed by atoms with Crippen molar-refractivity contribution in [1.82, 2.24) is 9.47 Å². The Morgan fingerprint density at radius 3 is 2.34 bits per heavy atom. The van der Waals surface area contributed by atoms with Crippen LogP contribution in [0, 0.1) is 0 Å². The predicted octanol–water partition coefficient (Wildman–Crippen LogP) is 4.20. The Morgan fingerprint density at radius 2 is 1.53 bits per heavy atom. The van der Waals surface area contributed by atoms with Crippen LogP contribution in [0.2, 0.25) is 0 Å². The topological polar surface area (TPSA) is 59.4 Å². The standard InChI is InChI=1S/C26H24N2O3S/c29-26(27-15-14-21-10-4-5-11-22(21)16-27)18-28-17-25(23-12-6-7-13-24(23)28)32(30,31)19-20-8-2-1-3-9-20/h1-13,17H,14-16,18-19H2. The Labute approximate surface area is 187 Å². The van der Waals surface area contributed by atoms with Gasteiger partial charge in [0.1, 0.15) is 6.54 Å². The van der Waals surface area contributed by atoms with Crippen molar-refractivity contribution in [1.29, 1.82) is 0 Å². The summed E-state index contributed by atoms with van der Waals surface area (Å²) in [6.07, 6.45) is 2.46. The number of benzene rings is 3. The van der Waals surface area contributed by atoms with E-state index in [1.165, 1.54) is 11.1 Å². The van der Waals surface area contributed by atoms with Crippen molar-refractivity contribution in [3.05, 3.63) is 102 Å². The van der Waals surface area contributed by atoms with Gasteiger partial charge in [0.25, 0.3) is 0 Å². The van der Waals surface area contributed by atoms with Crippen LogP contribution in [-0.4, -0.2) is 30.3 Å². The summed E-state index contributed by atoms with van der Waals surface area (Å²) in [5, 5.41) is 0.653. The first kappa shape index (κ1) is 20.5. The zero-order chi connectivity index (χ0) is 22.1. The number of hydrogen-bond donors (Lipinski definition) is 0. The van der Waals surface area contributed by atoms with Gasteiger partial charge in [-0.25, -0.2) is 8.42 Å². The average Bonchev–Trinajstić information content (AvgIpc) is 3.18. The lowest BCUT2D eigenvalue weighted by atomic mass is 10.00. The van der Waals surface area contributed by atoms with E-state index in [-0.39, 0.29) is 23.1 Å². The van der Waals surface area contributed by atoms with Crippen LogP contribution in [0.1, 0.15) is 16.7 Å². The molecule has 6 heteroatoms. The second-order valence-corrected chi connectivity index (χ2v) is 10.2. The highest BCUT2D eigenvalue weighted by molar-refractivity contribution is 7.90. The van der Waals surface area contributed by atoms with Crippen molar-refractivity contribution < 1.29 is 13.2 Å². The van der Waals surface area contributed by atoms with Gasteiger partial charge in [0, 0.05) is 30.2 Å². The highest BCUT2D eigenvalue weighted by atomic mass is 32.2. The Hall–Kier alpha value is -3.38. The van der Waals surface area contributed by atoms with E-state index in [4.69, 9.17) is 0 Å². The lowest BCUT2D eigenvalue weighted by Crippen LogP contribution is -2.37. The maximum absolute atomic E-state index is 13.2. The molecule has 5 rings (SSSR count). The maximum atomic E-state index is 13.2. The van der Waals surface area contributed by atoms with Gasteiger partial charge in [0.2, 0.25) is 5.91 Å². The summed E-state index contributed by atoms with van der Waals surface area (Å²) in [6, 6.07) is 24.7. The van der Waals surface area contributed by atoms with Gasteiger partial charge in [-0.3, -0.25) is 4.79 Å². The summed E-state index contributed by atoms with van der Waals surface area (Å²) in [4.78, 5) is 15.3. The minimum absolute atomic E-state index is 0.00716. The molecular formula is C26H24N2O3S. The maximum Gasteiger partial charge on any atom is 0.242 e. The van der Waals surface area contributed by atoms with Gasteiger partial charge in [-0.2, -0.15) is 0 Å². The van der Waals surface area contributed by atoms with E-state index in [2.05, 4.69) is 12.1 Å². The summed E-state index contributed by atoms with van der Waals surface area (Å²) in [5.74, 6) is -0.0779. The SMILES string of the molecule is O=C(Cn1cc(S(=O)(=O)Cc2ccccc2)c2ccccc21)N1CCc2ccccc2C1. The third-order valence-corrected chi connectivity index (χ3v) is 7.78. The number of amides is 1. The summed E-state index contributed by atoms with van der Waals surface area (Å²) in [5.41, 5.74) is 3.96. The molecule has 1 amide bonds. The summed E-state index contributed by atoms with van der Waals surface area (Å²) < 4.78 is 28.3. The van der Waals surface area contributed by atoms with Crippen LogP contribution in [0.3, 0.4) is 0 Å². The zero-order valence-corrected chi connectivity index (χ0v) is 18.5. The number of aromatic nitrogens is 1. The van der Waals surface area contributed by atoms with Gasteiger partial charge >= 0.3 is 0 Å². The molecule has 1 aromatic heterocycles. The van der Waals surface area contributed by atoms with Crippen LogP contribution >= 0.6 is 0 Å². The van der Waals surface area contributed by atoms with E-state index in [9.17, 15) is 13.2 Å². The molecule has 0 atom stereocenters. The van der Waals surface area contributed by atoms with Gasteiger partial charge < -0.3 is 9.47 Å². The number of carbonyl (C=O) groups excluding carboxylic acids is 1. The third-order valence-electron chi connectivity index (χ3n) is 6.08. The molecule has 0 radical (unpaired) electrons. The molecule has 0 bridgehead atoms. The molecule has 1 aliphatic heterocycles. The Balaban J connectivity index is 1.44. The molecule has 0 saturated heterocycles. The van der Waals surface area contributed by atoms with E-state index < -0.39 is 9.84 Å². The van der Waals surface area contributed by atoms with Crippen LogP contribution in [0.15, 0.2) is 90.0 Å². The smallest absolute Gasteiger partial charge is 0.242 e. The summed E-state index contributed by atoms with van der Waals surface area (Å²) in [6.45, 7) is 1.38. The second-order valence-electron chi connectivity index (χ2n) is 8.22. The van der Waals surface area contributed by atoms with Crippen molar-refractivity contribution in [3.63, 3.8) is 0 Å². The first-order valence-electron chi connectivity index (χ1n) is 10.7. The average molecular weight is 445 g/mol. The van der Waals surface area contributed by atoms with Crippen LogP contribution in [0.5, 0.6) is 0 Å². The summed E-state index contributed by atoms with van der Waals surface area (Å²) >= 11 is 0. The second kappa shape index (κ2) is 8.28. The van der Waals surface area contributed by atoms with Crippen molar-refractivity contribution >= 4 is 26.6 Å². The number of hydrogen-bond acceptors (Lipinski definition) is 3. The fourth-order valence-corrected chi connectivity index (χ4v) is 6.00. The van der Waals surface area contributed by atoms with Crippen LogP contribution < -0.4 is 0 Å². The molecule has 0 N–H and O–H groups in total. The molecule has 2 heterocycles. The third kappa shape index (κ3) is 3.94. The minimum Gasteiger partial charge on any atom is -0.337 e.